The van der Waals surface area contributed by atoms with Crippen molar-refractivity contribution in [3.8, 4) is 5.75 Å². The summed E-state index contributed by atoms with van der Waals surface area (Å²) in [5, 5.41) is 3.11. The second-order valence-corrected chi connectivity index (χ2v) is 9.50. The van der Waals surface area contributed by atoms with Crippen molar-refractivity contribution in [3.05, 3.63) is 53.1 Å². The van der Waals surface area contributed by atoms with Gasteiger partial charge < -0.3 is 19.5 Å². The molecule has 0 unspecified atom stereocenters. The molecule has 1 N–H and O–H groups in total. The van der Waals surface area contributed by atoms with Gasteiger partial charge in [-0.2, -0.15) is 4.31 Å². The first kappa shape index (κ1) is 25.0. The van der Waals surface area contributed by atoms with Crippen LogP contribution in [0.25, 0.3) is 0 Å². The number of benzene rings is 2. The molecule has 0 radical (unpaired) electrons. The Kier molecular flexibility index (Phi) is 8.67. The summed E-state index contributed by atoms with van der Waals surface area (Å²) in [4.78, 5) is 24.1. The molecule has 2 aromatic carbocycles. The van der Waals surface area contributed by atoms with E-state index in [2.05, 4.69) is 5.32 Å². The number of rotatable bonds is 9. The minimum atomic E-state index is -3.85. The molecule has 0 aromatic heterocycles. The summed E-state index contributed by atoms with van der Waals surface area (Å²) >= 11 is 6.06. The van der Waals surface area contributed by atoms with E-state index in [0.717, 1.165) is 5.56 Å². The third kappa shape index (κ3) is 6.67. The van der Waals surface area contributed by atoms with E-state index >= 15 is 0 Å². The zero-order chi connectivity index (χ0) is 23.8. The van der Waals surface area contributed by atoms with Crippen molar-refractivity contribution < 1.29 is 32.2 Å². The Morgan fingerprint density at radius 3 is 2.58 bits per heavy atom. The van der Waals surface area contributed by atoms with E-state index in [-0.39, 0.29) is 35.8 Å². The number of amides is 1. The minimum Gasteiger partial charge on any atom is -0.495 e. The maximum absolute atomic E-state index is 13.0. The van der Waals surface area contributed by atoms with Gasteiger partial charge in [0.25, 0.3) is 5.91 Å². The molecule has 1 aliphatic heterocycles. The lowest BCUT2D eigenvalue weighted by atomic mass is 10.1. The summed E-state index contributed by atoms with van der Waals surface area (Å²) < 4.78 is 42.8. The Hall–Kier alpha value is -2.66. The van der Waals surface area contributed by atoms with Crippen LogP contribution in [0.3, 0.4) is 0 Å². The molecular formula is C22H25ClN2O7S. The molecule has 33 heavy (non-hydrogen) atoms. The maximum atomic E-state index is 13.0. The number of hydrogen-bond donors (Lipinski definition) is 1. The van der Waals surface area contributed by atoms with E-state index in [0.29, 0.717) is 24.7 Å². The smallest absolute Gasteiger partial charge is 0.306 e. The fourth-order valence-corrected chi connectivity index (χ4v) is 5.05. The highest BCUT2D eigenvalue weighted by Crippen LogP contribution is 2.30. The molecular weight excluding hydrogens is 472 g/mol. The topological polar surface area (TPSA) is 111 Å². The van der Waals surface area contributed by atoms with Crippen molar-refractivity contribution in [2.45, 2.75) is 17.7 Å². The molecule has 0 atom stereocenters. The summed E-state index contributed by atoms with van der Waals surface area (Å²) in [5.41, 5.74) is 1.05. The van der Waals surface area contributed by atoms with Gasteiger partial charge in [0.05, 0.1) is 20.3 Å². The second kappa shape index (κ2) is 11.5. The van der Waals surface area contributed by atoms with Crippen LogP contribution >= 0.6 is 11.6 Å². The normalized spacial score (nSPS) is 14.5. The number of esters is 1. The predicted molar refractivity (Wildman–Crippen MR) is 122 cm³/mol. The molecule has 2 aromatic rings. The molecule has 1 heterocycles. The fourth-order valence-electron chi connectivity index (χ4n) is 3.24. The van der Waals surface area contributed by atoms with Crippen LogP contribution in [0.5, 0.6) is 5.75 Å². The number of nitrogens with zero attached hydrogens (tertiary/aromatic N) is 1. The average molecular weight is 497 g/mol. The van der Waals surface area contributed by atoms with Crippen LogP contribution in [0.4, 0.5) is 5.69 Å². The number of hydrogen-bond acceptors (Lipinski definition) is 7. The van der Waals surface area contributed by atoms with Crippen LogP contribution in [-0.2, 0) is 35.5 Å². The molecule has 178 valence electrons. The number of carbonyl (C=O) groups excluding carboxylic acids is 2. The Balaban J connectivity index is 1.58. The summed E-state index contributed by atoms with van der Waals surface area (Å²) in [6.07, 6.45) is 0.461. The number of anilines is 1. The third-order valence-electron chi connectivity index (χ3n) is 4.96. The highest BCUT2D eigenvalue weighted by Gasteiger charge is 2.29. The first-order valence-electron chi connectivity index (χ1n) is 10.3. The van der Waals surface area contributed by atoms with E-state index < -0.39 is 28.5 Å². The molecule has 0 aliphatic carbocycles. The van der Waals surface area contributed by atoms with Crippen LogP contribution < -0.4 is 10.1 Å². The molecule has 1 aliphatic rings. The Morgan fingerprint density at radius 1 is 1.15 bits per heavy atom. The first-order valence-corrected chi connectivity index (χ1v) is 12.1. The number of morpholine rings is 1. The lowest BCUT2D eigenvalue weighted by Gasteiger charge is -2.26. The second-order valence-electron chi connectivity index (χ2n) is 7.18. The number of carbonyl (C=O) groups is 2. The number of sulfonamides is 1. The Labute approximate surface area is 197 Å². The van der Waals surface area contributed by atoms with Crippen LogP contribution in [-0.4, -0.2) is 64.6 Å². The average Bonchev–Trinajstić information content (AvgIpc) is 2.82. The van der Waals surface area contributed by atoms with Crippen molar-refractivity contribution in [1.82, 2.24) is 4.31 Å². The van der Waals surface area contributed by atoms with E-state index in [4.69, 9.17) is 25.8 Å². The van der Waals surface area contributed by atoms with Crippen molar-refractivity contribution in [3.63, 3.8) is 0 Å². The Morgan fingerprint density at radius 2 is 1.88 bits per heavy atom. The van der Waals surface area contributed by atoms with E-state index in [1.165, 1.54) is 29.6 Å². The SMILES string of the molecule is COc1ccc(NC(=O)COC(=O)CCc2ccccc2Cl)cc1S(=O)(=O)N1CCOCC1. The van der Waals surface area contributed by atoms with Crippen molar-refractivity contribution in [2.24, 2.45) is 0 Å². The van der Waals surface area contributed by atoms with Gasteiger partial charge in [-0.3, -0.25) is 9.59 Å². The molecule has 0 bridgehead atoms. The molecule has 1 fully saturated rings. The van der Waals surface area contributed by atoms with Crippen molar-refractivity contribution >= 4 is 39.2 Å². The number of nitrogens with one attached hydrogen (secondary N) is 1. The van der Waals surface area contributed by atoms with Gasteiger partial charge in [0.15, 0.2) is 6.61 Å². The van der Waals surface area contributed by atoms with Gasteiger partial charge in [-0.1, -0.05) is 29.8 Å². The number of methoxy groups -OCH3 is 1. The molecule has 0 spiro atoms. The zero-order valence-electron chi connectivity index (χ0n) is 18.1. The quantitative estimate of drug-likeness (QED) is 0.531. The highest BCUT2D eigenvalue weighted by atomic mass is 35.5. The Bertz CT molecular complexity index is 1100. The monoisotopic (exact) mass is 496 g/mol. The lowest BCUT2D eigenvalue weighted by molar-refractivity contribution is -0.147. The molecule has 9 nitrogen and oxygen atoms in total. The van der Waals surface area contributed by atoms with Crippen molar-refractivity contribution in [2.75, 3.05) is 45.3 Å². The first-order chi connectivity index (χ1) is 15.8. The van der Waals surface area contributed by atoms with Gasteiger partial charge >= 0.3 is 5.97 Å². The minimum absolute atomic E-state index is 0.0681. The standard InChI is InChI=1S/C22H25ClN2O7S/c1-30-19-8-7-17(14-20(19)33(28,29)25-10-12-31-13-11-25)24-21(26)15-32-22(27)9-6-16-4-2-3-5-18(16)23/h2-5,7-8,14H,6,9-13,15H2,1H3,(H,24,26). The van der Waals surface area contributed by atoms with Crippen LogP contribution in [0, 0.1) is 0 Å². The van der Waals surface area contributed by atoms with Crippen LogP contribution in [0.2, 0.25) is 5.02 Å². The van der Waals surface area contributed by atoms with Gasteiger partial charge in [-0.25, -0.2) is 8.42 Å². The summed E-state index contributed by atoms with van der Waals surface area (Å²) in [6.45, 7) is 0.566. The zero-order valence-corrected chi connectivity index (χ0v) is 19.7. The van der Waals surface area contributed by atoms with Gasteiger partial charge in [0, 0.05) is 30.2 Å². The molecule has 1 saturated heterocycles. The largest absolute Gasteiger partial charge is 0.495 e. The van der Waals surface area contributed by atoms with Gasteiger partial charge in [0.2, 0.25) is 10.0 Å². The third-order valence-corrected chi connectivity index (χ3v) is 7.24. The van der Waals surface area contributed by atoms with Crippen LogP contribution in [0.15, 0.2) is 47.4 Å². The van der Waals surface area contributed by atoms with Gasteiger partial charge in [0.1, 0.15) is 10.6 Å². The predicted octanol–water partition coefficient (Wildman–Crippen LogP) is 2.48. The lowest BCUT2D eigenvalue weighted by Crippen LogP contribution is -2.40. The summed E-state index contributed by atoms with van der Waals surface area (Å²) in [5.74, 6) is -0.984. The fraction of sp³-hybridized carbons (Fsp3) is 0.364. The van der Waals surface area contributed by atoms with Gasteiger partial charge in [-0.15, -0.1) is 0 Å². The van der Waals surface area contributed by atoms with Gasteiger partial charge in [-0.05, 0) is 36.2 Å². The van der Waals surface area contributed by atoms with E-state index in [1.807, 2.05) is 12.1 Å². The van der Waals surface area contributed by atoms with Crippen molar-refractivity contribution in [1.29, 1.82) is 0 Å². The molecule has 0 saturated carbocycles. The summed E-state index contributed by atoms with van der Waals surface area (Å²) in [7, 11) is -2.48. The highest BCUT2D eigenvalue weighted by molar-refractivity contribution is 7.89. The van der Waals surface area contributed by atoms with Crippen LogP contribution in [0.1, 0.15) is 12.0 Å². The number of aryl methyl sites for hydroxylation is 1. The van der Waals surface area contributed by atoms with E-state index in [9.17, 15) is 18.0 Å². The number of halogens is 1. The molecule has 3 rings (SSSR count). The molecule has 11 heteroatoms. The maximum Gasteiger partial charge on any atom is 0.306 e. The van der Waals surface area contributed by atoms with E-state index in [1.54, 1.807) is 12.1 Å². The number of ether oxygens (including phenoxy) is 3. The summed E-state index contributed by atoms with van der Waals surface area (Å²) in [6, 6.07) is 11.5. The molecule has 1 amide bonds.